The number of amides is 1. The van der Waals surface area contributed by atoms with Gasteiger partial charge in [-0.05, 0) is 47.4 Å². The molecule has 0 saturated heterocycles. The molecule has 0 fully saturated rings. The zero-order valence-corrected chi connectivity index (χ0v) is 14.1. The third-order valence-corrected chi connectivity index (χ3v) is 4.40. The van der Waals surface area contributed by atoms with Gasteiger partial charge in [-0.25, -0.2) is 0 Å². The molecule has 0 spiro atoms. The summed E-state index contributed by atoms with van der Waals surface area (Å²) < 4.78 is 0. The van der Waals surface area contributed by atoms with Crippen LogP contribution in [-0.2, 0) is 11.3 Å². The number of carbonyl (C=O) groups is 1. The summed E-state index contributed by atoms with van der Waals surface area (Å²) in [6, 6.07) is 11.9. The van der Waals surface area contributed by atoms with Crippen LogP contribution in [0, 0.1) is 0 Å². The first kappa shape index (κ1) is 16.7. The van der Waals surface area contributed by atoms with Gasteiger partial charge in [-0.15, -0.1) is 11.3 Å². The SMILES string of the molecule is O=C(/C=C/c1ccc(O)c(O)c1)N(Cc1cccs1)c1cccnc1. The number of hydrogen-bond donors (Lipinski definition) is 2. The number of anilines is 1. The topological polar surface area (TPSA) is 73.7 Å². The Morgan fingerprint density at radius 1 is 1.16 bits per heavy atom. The smallest absolute Gasteiger partial charge is 0.251 e. The first-order valence-electron chi connectivity index (χ1n) is 7.57. The van der Waals surface area contributed by atoms with Crippen LogP contribution in [-0.4, -0.2) is 21.1 Å². The van der Waals surface area contributed by atoms with Crippen molar-refractivity contribution in [3.8, 4) is 11.5 Å². The largest absolute Gasteiger partial charge is 0.504 e. The first-order chi connectivity index (χ1) is 12.1. The van der Waals surface area contributed by atoms with Gasteiger partial charge in [0.05, 0.1) is 18.4 Å². The summed E-state index contributed by atoms with van der Waals surface area (Å²) in [7, 11) is 0. The van der Waals surface area contributed by atoms with Gasteiger partial charge in [0, 0.05) is 17.2 Å². The molecule has 2 aromatic heterocycles. The van der Waals surface area contributed by atoms with E-state index in [-0.39, 0.29) is 17.4 Å². The second-order valence-electron chi connectivity index (χ2n) is 5.30. The van der Waals surface area contributed by atoms with Gasteiger partial charge >= 0.3 is 0 Å². The van der Waals surface area contributed by atoms with Crippen molar-refractivity contribution in [2.45, 2.75) is 6.54 Å². The van der Waals surface area contributed by atoms with E-state index in [1.807, 2.05) is 23.6 Å². The van der Waals surface area contributed by atoms with Crippen molar-refractivity contribution in [2.24, 2.45) is 0 Å². The van der Waals surface area contributed by atoms with Crippen LogP contribution in [0.2, 0.25) is 0 Å². The predicted octanol–water partition coefficient (Wildman–Crippen LogP) is 3.80. The number of aromatic hydroxyl groups is 2. The van der Waals surface area contributed by atoms with E-state index in [1.54, 1.807) is 46.8 Å². The van der Waals surface area contributed by atoms with Gasteiger partial charge in [-0.1, -0.05) is 12.1 Å². The van der Waals surface area contributed by atoms with Crippen LogP contribution in [0.5, 0.6) is 11.5 Å². The van der Waals surface area contributed by atoms with Crippen molar-refractivity contribution in [2.75, 3.05) is 4.90 Å². The number of thiophene rings is 1. The number of rotatable bonds is 5. The molecular weight excluding hydrogens is 336 g/mol. The zero-order valence-electron chi connectivity index (χ0n) is 13.2. The van der Waals surface area contributed by atoms with E-state index in [4.69, 9.17) is 0 Å². The lowest BCUT2D eigenvalue weighted by Gasteiger charge is -2.20. The van der Waals surface area contributed by atoms with Gasteiger partial charge in [-0.3, -0.25) is 9.78 Å². The molecule has 6 heteroatoms. The summed E-state index contributed by atoms with van der Waals surface area (Å²) >= 11 is 1.58. The van der Waals surface area contributed by atoms with Crippen molar-refractivity contribution in [1.82, 2.24) is 4.98 Å². The zero-order chi connectivity index (χ0) is 17.6. The fraction of sp³-hybridized carbons (Fsp3) is 0.0526. The minimum Gasteiger partial charge on any atom is -0.504 e. The monoisotopic (exact) mass is 352 g/mol. The Kier molecular flexibility index (Phi) is 5.11. The van der Waals surface area contributed by atoms with E-state index in [1.165, 1.54) is 18.2 Å². The number of hydrogen-bond acceptors (Lipinski definition) is 5. The molecule has 1 amide bonds. The second kappa shape index (κ2) is 7.63. The molecule has 3 rings (SSSR count). The van der Waals surface area contributed by atoms with E-state index in [2.05, 4.69) is 4.98 Å². The summed E-state index contributed by atoms with van der Waals surface area (Å²) in [6.07, 6.45) is 6.34. The molecule has 2 heterocycles. The van der Waals surface area contributed by atoms with Crippen molar-refractivity contribution in [3.63, 3.8) is 0 Å². The Morgan fingerprint density at radius 2 is 2.04 bits per heavy atom. The van der Waals surface area contributed by atoms with Gasteiger partial charge in [0.1, 0.15) is 0 Å². The molecule has 0 bridgehead atoms. The van der Waals surface area contributed by atoms with E-state index >= 15 is 0 Å². The number of nitrogens with zero attached hydrogens (tertiary/aromatic N) is 2. The molecule has 0 aliphatic rings. The van der Waals surface area contributed by atoms with E-state index < -0.39 is 0 Å². The highest BCUT2D eigenvalue weighted by Gasteiger charge is 2.14. The third-order valence-electron chi connectivity index (χ3n) is 3.54. The normalized spacial score (nSPS) is 10.9. The molecule has 0 saturated carbocycles. The molecule has 1 aromatic carbocycles. The van der Waals surface area contributed by atoms with Crippen LogP contribution in [0.15, 0.2) is 66.3 Å². The molecule has 0 aliphatic carbocycles. The molecule has 3 aromatic rings. The Bertz CT molecular complexity index is 877. The lowest BCUT2D eigenvalue weighted by Crippen LogP contribution is -2.28. The lowest BCUT2D eigenvalue weighted by atomic mass is 10.2. The Morgan fingerprint density at radius 3 is 2.72 bits per heavy atom. The van der Waals surface area contributed by atoms with Crippen LogP contribution in [0.3, 0.4) is 0 Å². The fourth-order valence-corrected chi connectivity index (χ4v) is 2.96. The van der Waals surface area contributed by atoms with Gasteiger partial charge in [0.25, 0.3) is 5.91 Å². The van der Waals surface area contributed by atoms with E-state index in [0.29, 0.717) is 17.8 Å². The lowest BCUT2D eigenvalue weighted by molar-refractivity contribution is -0.114. The highest BCUT2D eigenvalue weighted by atomic mass is 32.1. The number of carbonyl (C=O) groups excluding carboxylic acids is 1. The summed E-state index contributed by atoms with van der Waals surface area (Å²) in [5.74, 6) is -0.621. The maximum absolute atomic E-state index is 12.7. The van der Waals surface area contributed by atoms with E-state index in [0.717, 1.165) is 4.88 Å². The first-order valence-corrected chi connectivity index (χ1v) is 8.45. The number of aromatic nitrogens is 1. The predicted molar refractivity (Wildman–Crippen MR) is 98.6 cm³/mol. The molecular formula is C19H16N2O3S. The van der Waals surface area contributed by atoms with Gasteiger partial charge in [0.2, 0.25) is 0 Å². The molecule has 2 N–H and O–H groups in total. The average molecular weight is 352 g/mol. The van der Waals surface area contributed by atoms with Gasteiger partial charge in [-0.2, -0.15) is 0 Å². The number of pyridine rings is 1. The van der Waals surface area contributed by atoms with Crippen LogP contribution in [0.25, 0.3) is 6.08 Å². The molecule has 5 nitrogen and oxygen atoms in total. The van der Waals surface area contributed by atoms with E-state index in [9.17, 15) is 15.0 Å². The molecule has 0 atom stereocenters. The summed E-state index contributed by atoms with van der Waals surface area (Å²) in [4.78, 5) is 19.5. The van der Waals surface area contributed by atoms with Crippen molar-refractivity contribution in [1.29, 1.82) is 0 Å². The fourth-order valence-electron chi connectivity index (χ4n) is 2.27. The number of benzene rings is 1. The Hall–Kier alpha value is -3.12. The van der Waals surface area contributed by atoms with Crippen molar-refractivity contribution in [3.05, 3.63) is 76.8 Å². The average Bonchev–Trinajstić information content (AvgIpc) is 3.14. The van der Waals surface area contributed by atoms with Crippen LogP contribution < -0.4 is 4.90 Å². The molecule has 25 heavy (non-hydrogen) atoms. The molecule has 126 valence electrons. The van der Waals surface area contributed by atoms with Gasteiger partial charge < -0.3 is 15.1 Å². The maximum Gasteiger partial charge on any atom is 0.251 e. The van der Waals surface area contributed by atoms with Crippen LogP contribution >= 0.6 is 11.3 Å². The number of phenols is 2. The van der Waals surface area contributed by atoms with Crippen LogP contribution in [0.4, 0.5) is 5.69 Å². The maximum atomic E-state index is 12.7. The summed E-state index contributed by atoms with van der Waals surface area (Å²) in [5, 5.41) is 20.9. The number of phenolic OH excluding ortho intramolecular Hbond substituents is 2. The standard InChI is InChI=1S/C19H16N2O3S/c22-17-7-5-14(11-18(17)23)6-8-19(24)21(13-16-4-2-10-25-16)15-3-1-9-20-12-15/h1-12,22-23H,13H2/b8-6+. The summed E-state index contributed by atoms with van der Waals surface area (Å²) in [6.45, 7) is 0.452. The second-order valence-corrected chi connectivity index (χ2v) is 6.33. The summed E-state index contributed by atoms with van der Waals surface area (Å²) in [5.41, 5.74) is 1.32. The molecule has 0 unspecified atom stereocenters. The Balaban J connectivity index is 1.83. The molecule has 0 radical (unpaired) electrons. The highest BCUT2D eigenvalue weighted by molar-refractivity contribution is 7.09. The minimum atomic E-state index is -0.225. The third kappa shape index (κ3) is 4.24. The van der Waals surface area contributed by atoms with Crippen molar-refractivity contribution >= 4 is 29.0 Å². The van der Waals surface area contributed by atoms with Crippen LogP contribution in [0.1, 0.15) is 10.4 Å². The minimum absolute atomic E-state index is 0.196. The Labute approximate surface area is 149 Å². The van der Waals surface area contributed by atoms with Gasteiger partial charge in [0.15, 0.2) is 11.5 Å². The van der Waals surface area contributed by atoms with Crippen molar-refractivity contribution < 1.29 is 15.0 Å². The highest BCUT2D eigenvalue weighted by Crippen LogP contribution is 2.25. The molecule has 0 aliphatic heterocycles. The quantitative estimate of drug-likeness (QED) is 0.541.